The third-order valence-electron chi connectivity index (χ3n) is 4.82. The SMILES string of the molecule is C/C=N/Nc1ccc(-c2nnc(N)c(N3CC4CC3CN4)n2)cc1C. The Morgan fingerprint density at radius 2 is 2.28 bits per heavy atom. The molecule has 8 nitrogen and oxygen atoms in total. The van der Waals surface area contributed by atoms with Gasteiger partial charge in [0, 0.05) is 37.0 Å². The molecule has 2 aliphatic rings. The van der Waals surface area contributed by atoms with Crippen LogP contribution < -0.4 is 21.4 Å². The van der Waals surface area contributed by atoms with Gasteiger partial charge in [-0.3, -0.25) is 5.43 Å². The third kappa shape index (κ3) is 2.89. The number of nitrogen functional groups attached to an aromatic ring is 1. The molecule has 2 atom stereocenters. The first kappa shape index (κ1) is 15.8. The fraction of sp³-hybridized carbons (Fsp3) is 0.412. The van der Waals surface area contributed by atoms with Crippen LogP contribution in [0.2, 0.25) is 0 Å². The smallest absolute Gasteiger partial charge is 0.189 e. The third-order valence-corrected chi connectivity index (χ3v) is 4.82. The molecule has 2 unspecified atom stereocenters. The maximum atomic E-state index is 6.06. The molecular weight excluding hydrogens is 316 g/mol. The highest BCUT2D eigenvalue weighted by atomic mass is 15.3. The fourth-order valence-electron chi connectivity index (χ4n) is 3.54. The zero-order valence-electron chi connectivity index (χ0n) is 14.4. The average molecular weight is 338 g/mol. The van der Waals surface area contributed by atoms with Gasteiger partial charge in [-0.15, -0.1) is 10.2 Å². The van der Waals surface area contributed by atoms with Crippen LogP contribution in [0.4, 0.5) is 17.3 Å². The lowest BCUT2D eigenvalue weighted by molar-refractivity contribution is 0.576. The van der Waals surface area contributed by atoms with Crippen molar-refractivity contribution in [2.24, 2.45) is 5.10 Å². The van der Waals surface area contributed by atoms with Gasteiger partial charge in [0.05, 0.1) is 5.69 Å². The molecule has 4 N–H and O–H groups in total. The van der Waals surface area contributed by atoms with Crippen LogP contribution >= 0.6 is 0 Å². The molecular formula is C17H22N8. The number of nitrogens with two attached hydrogens (primary N) is 1. The van der Waals surface area contributed by atoms with E-state index >= 15 is 0 Å². The number of benzene rings is 1. The summed E-state index contributed by atoms with van der Waals surface area (Å²) in [5.41, 5.74) is 12.0. The van der Waals surface area contributed by atoms with Crippen LogP contribution in [-0.2, 0) is 0 Å². The summed E-state index contributed by atoms with van der Waals surface area (Å²) in [6.45, 7) is 5.78. The van der Waals surface area contributed by atoms with Gasteiger partial charge in [-0.25, -0.2) is 4.98 Å². The summed E-state index contributed by atoms with van der Waals surface area (Å²) in [5.74, 6) is 1.73. The van der Waals surface area contributed by atoms with E-state index in [9.17, 15) is 0 Å². The maximum Gasteiger partial charge on any atom is 0.189 e. The number of fused-ring (bicyclic) bond motifs is 2. The van der Waals surface area contributed by atoms with Crippen molar-refractivity contribution in [1.29, 1.82) is 0 Å². The molecule has 2 aromatic rings. The second-order valence-corrected chi connectivity index (χ2v) is 6.52. The standard InChI is InChI=1S/C17H22N8/c1-3-20-22-14-5-4-11(6-10(14)2)16-21-17(15(18)23-24-16)25-9-12-7-13(25)8-19-12/h3-6,12-13,19,22H,7-9H2,1-2H3,(H2,18,23)/b20-3+. The summed E-state index contributed by atoms with van der Waals surface area (Å²) in [7, 11) is 0. The summed E-state index contributed by atoms with van der Waals surface area (Å²) in [6.07, 6.45) is 2.85. The van der Waals surface area contributed by atoms with Crippen molar-refractivity contribution in [2.75, 3.05) is 29.1 Å². The lowest BCUT2D eigenvalue weighted by Crippen LogP contribution is -2.44. The van der Waals surface area contributed by atoms with Crippen molar-refractivity contribution in [3.05, 3.63) is 23.8 Å². The van der Waals surface area contributed by atoms with Gasteiger partial charge in [0.1, 0.15) is 0 Å². The molecule has 2 bridgehead atoms. The molecule has 2 saturated heterocycles. The van der Waals surface area contributed by atoms with Gasteiger partial charge in [-0.05, 0) is 44.0 Å². The van der Waals surface area contributed by atoms with Crippen molar-refractivity contribution in [1.82, 2.24) is 20.5 Å². The first-order valence-corrected chi connectivity index (χ1v) is 8.50. The molecule has 2 fully saturated rings. The summed E-state index contributed by atoms with van der Waals surface area (Å²) in [4.78, 5) is 6.98. The number of hydrogen-bond donors (Lipinski definition) is 3. The molecule has 0 spiro atoms. The summed E-state index contributed by atoms with van der Waals surface area (Å²) in [5, 5.41) is 15.9. The van der Waals surface area contributed by atoms with Crippen LogP contribution in [0.25, 0.3) is 11.4 Å². The summed E-state index contributed by atoms with van der Waals surface area (Å²) >= 11 is 0. The van der Waals surface area contributed by atoms with E-state index in [1.165, 1.54) is 0 Å². The van der Waals surface area contributed by atoms with Gasteiger partial charge in [0.2, 0.25) is 0 Å². The number of hydrogen-bond acceptors (Lipinski definition) is 8. The Bertz CT molecular complexity index is 818. The number of hydrazone groups is 1. The number of aromatic nitrogens is 3. The monoisotopic (exact) mass is 338 g/mol. The molecule has 2 aliphatic heterocycles. The van der Waals surface area contributed by atoms with E-state index in [1.807, 2.05) is 32.0 Å². The Labute approximate surface area is 146 Å². The van der Waals surface area contributed by atoms with E-state index in [0.717, 1.165) is 42.1 Å². The van der Waals surface area contributed by atoms with E-state index < -0.39 is 0 Å². The molecule has 25 heavy (non-hydrogen) atoms. The van der Waals surface area contributed by atoms with Gasteiger partial charge in [-0.1, -0.05) is 0 Å². The lowest BCUT2D eigenvalue weighted by atomic mass is 10.1. The lowest BCUT2D eigenvalue weighted by Gasteiger charge is -2.28. The number of anilines is 3. The number of rotatable bonds is 4. The first-order chi connectivity index (χ1) is 12.2. The molecule has 0 saturated carbocycles. The maximum absolute atomic E-state index is 6.06. The van der Waals surface area contributed by atoms with Gasteiger partial charge in [0.15, 0.2) is 17.5 Å². The van der Waals surface area contributed by atoms with Crippen molar-refractivity contribution < 1.29 is 0 Å². The van der Waals surface area contributed by atoms with Crippen molar-refractivity contribution in [3.63, 3.8) is 0 Å². The van der Waals surface area contributed by atoms with Crippen molar-refractivity contribution in [3.8, 4) is 11.4 Å². The minimum Gasteiger partial charge on any atom is -0.379 e. The van der Waals surface area contributed by atoms with E-state index in [0.29, 0.717) is 23.7 Å². The van der Waals surface area contributed by atoms with Crippen LogP contribution in [-0.4, -0.2) is 46.6 Å². The Morgan fingerprint density at radius 3 is 2.96 bits per heavy atom. The summed E-state index contributed by atoms with van der Waals surface area (Å²) < 4.78 is 0. The molecule has 1 aromatic heterocycles. The molecule has 0 aliphatic carbocycles. The van der Waals surface area contributed by atoms with E-state index in [-0.39, 0.29) is 0 Å². The fourth-order valence-corrected chi connectivity index (χ4v) is 3.54. The predicted octanol–water partition coefficient (Wildman–Crippen LogP) is 1.40. The van der Waals surface area contributed by atoms with Crippen LogP contribution in [0.5, 0.6) is 0 Å². The molecule has 4 rings (SSSR count). The largest absolute Gasteiger partial charge is 0.379 e. The van der Waals surface area contributed by atoms with E-state index in [4.69, 9.17) is 10.7 Å². The van der Waals surface area contributed by atoms with Gasteiger partial charge in [0.25, 0.3) is 0 Å². The zero-order valence-corrected chi connectivity index (χ0v) is 14.4. The minimum atomic E-state index is 0.392. The summed E-state index contributed by atoms with van der Waals surface area (Å²) in [6, 6.07) is 6.93. The molecule has 8 heteroatoms. The highest BCUT2D eigenvalue weighted by molar-refractivity contribution is 5.68. The Kier molecular flexibility index (Phi) is 3.96. The van der Waals surface area contributed by atoms with Crippen molar-refractivity contribution >= 4 is 23.5 Å². The zero-order chi connectivity index (χ0) is 17.4. The quantitative estimate of drug-likeness (QED) is 0.572. The van der Waals surface area contributed by atoms with Crippen molar-refractivity contribution in [2.45, 2.75) is 32.4 Å². The minimum absolute atomic E-state index is 0.392. The molecule has 130 valence electrons. The Morgan fingerprint density at radius 1 is 1.40 bits per heavy atom. The number of piperazine rings is 1. The van der Waals surface area contributed by atoms with Gasteiger partial charge in [-0.2, -0.15) is 5.10 Å². The Balaban J connectivity index is 1.65. The van der Waals surface area contributed by atoms with Crippen LogP contribution in [0.15, 0.2) is 23.3 Å². The van der Waals surface area contributed by atoms with Gasteiger partial charge < -0.3 is 16.0 Å². The molecule has 1 aromatic carbocycles. The average Bonchev–Trinajstić information content (AvgIpc) is 3.24. The highest BCUT2D eigenvalue weighted by Crippen LogP contribution is 2.32. The van der Waals surface area contributed by atoms with Crippen LogP contribution in [0.3, 0.4) is 0 Å². The predicted molar refractivity (Wildman–Crippen MR) is 99.7 cm³/mol. The molecule has 0 radical (unpaired) electrons. The number of nitrogens with zero attached hydrogens (tertiary/aromatic N) is 5. The molecule has 0 amide bonds. The number of nitrogens with one attached hydrogen (secondary N) is 2. The van der Waals surface area contributed by atoms with Crippen LogP contribution in [0, 0.1) is 6.92 Å². The topological polar surface area (TPSA) is 104 Å². The first-order valence-electron chi connectivity index (χ1n) is 8.50. The molecule has 3 heterocycles. The normalized spacial score (nSPS) is 22.1. The highest BCUT2D eigenvalue weighted by Gasteiger charge is 2.39. The Hall–Kier alpha value is -2.74. The van der Waals surface area contributed by atoms with E-state index in [1.54, 1.807) is 6.21 Å². The second kappa shape index (κ2) is 6.29. The number of aryl methyl sites for hydroxylation is 1. The van der Waals surface area contributed by atoms with Crippen LogP contribution in [0.1, 0.15) is 18.9 Å². The second-order valence-electron chi connectivity index (χ2n) is 6.52. The van der Waals surface area contributed by atoms with E-state index in [2.05, 4.69) is 30.9 Å². The van der Waals surface area contributed by atoms with Gasteiger partial charge >= 0.3 is 0 Å².